The van der Waals surface area contributed by atoms with E-state index in [0.717, 1.165) is 25.3 Å². The highest BCUT2D eigenvalue weighted by atomic mass is 35.5. The lowest BCUT2D eigenvalue weighted by Gasteiger charge is -2.15. The van der Waals surface area contributed by atoms with Crippen LogP contribution in [0.5, 0.6) is 0 Å². The van der Waals surface area contributed by atoms with Crippen molar-refractivity contribution in [3.05, 3.63) is 24.4 Å². The lowest BCUT2D eigenvalue weighted by atomic mass is 10.3. The van der Waals surface area contributed by atoms with Gasteiger partial charge in [-0.1, -0.05) is 6.07 Å². The van der Waals surface area contributed by atoms with Gasteiger partial charge in [-0.2, -0.15) is 0 Å². The molecule has 0 unspecified atom stereocenters. The van der Waals surface area contributed by atoms with Gasteiger partial charge < -0.3 is 10.6 Å². The number of rotatable bonds is 1. The maximum atomic E-state index is 5.79. The van der Waals surface area contributed by atoms with Crippen LogP contribution in [0.4, 0.5) is 5.82 Å². The Bertz CT molecular complexity index is 252. The minimum absolute atomic E-state index is 0. The molecule has 2 N–H and O–H groups in total. The molecule has 1 saturated heterocycles. The summed E-state index contributed by atoms with van der Waals surface area (Å²) in [6, 6.07) is 6.29. The van der Waals surface area contributed by atoms with Crippen molar-refractivity contribution in [2.75, 3.05) is 18.0 Å². The molecule has 0 spiro atoms. The molecule has 0 bridgehead atoms. The lowest BCUT2D eigenvalue weighted by molar-refractivity contribution is 0.751. The molecule has 1 aromatic rings. The van der Waals surface area contributed by atoms with Crippen molar-refractivity contribution >= 4 is 18.2 Å². The van der Waals surface area contributed by atoms with Crippen LogP contribution in [0.1, 0.15) is 6.42 Å². The van der Waals surface area contributed by atoms with E-state index >= 15 is 0 Å². The summed E-state index contributed by atoms with van der Waals surface area (Å²) in [6.45, 7) is 1.98. The molecule has 0 amide bonds. The van der Waals surface area contributed by atoms with E-state index in [1.807, 2.05) is 24.4 Å². The van der Waals surface area contributed by atoms with Crippen molar-refractivity contribution in [1.82, 2.24) is 4.98 Å². The van der Waals surface area contributed by atoms with Gasteiger partial charge in [0.25, 0.3) is 0 Å². The van der Waals surface area contributed by atoms with Gasteiger partial charge in [-0.05, 0) is 18.6 Å². The summed E-state index contributed by atoms with van der Waals surface area (Å²) >= 11 is 0. The maximum absolute atomic E-state index is 5.79. The highest BCUT2D eigenvalue weighted by molar-refractivity contribution is 5.85. The molecule has 0 aliphatic carbocycles. The zero-order valence-electron chi connectivity index (χ0n) is 7.39. The summed E-state index contributed by atoms with van der Waals surface area (Å²) in [5, 5.41) is 0. The van der Waals surface area contributed by atoms with E-state index in [4.69, 9.17) is 5.73 Å². The van der Waals surface area contributed by atoms with Crippen LogP contribution in [0.25, 0.3) is 0 Å². The van der Waals surface area contributed by atoms with Crippen LogP contribution in [0, 0.1) is 0 Å². The van der Waals surface area contributed by atoms with Crippen LogP contribution < -0.4 is 10.6 Å². The molecule has 4 heteroatoms. The van der Waals surface area contributed by atoms with Crippen LogP contribution in [0.3, 0.4) is 0 Å². The van der Waals surface area contributed by atoms with E-state index in [9.17, 15) is 0 Å². The number of halogens is 1. The van der Waals surface area contributed by atoms with E-state index in [1.54, 1.807) is 0 Å². The number of hydrogen-bond donors (Lipinski definition) is 1. The summed E-state index contributed by atoms with van der Waals surface area (Å²) < 4.78 is 0. The maximum Gasteiger partial charge on any atom is 0.128 e. The second-order valence-corrected chi connectivity index (χ2v) is 3.18. The highest BCUT2D eigenvalue weighted by Crippen LogP contribution is 2.15. The molecule has 0 aromatic carbocycles. The Hall–Kier alpha value is -0.800. The van der Waals surface area contributed by atoms with Gasteiger partial charge in [0, 0.05) is 25.3 Å². The molecule has 1 atom stereocenters. The monoisotopic (exact) mass is 199 g/mol. The summed E-state index contributed by atoms with van der Waals surface area (Å²) in [5.41, 5.74) is 5.79. The second-order valence-electron chi connectivity index (χ2n) is 3.18. The number of nitrogens with zero attached hydrogens (tertiary/aromatic N) is 2. The van der Waals surface area contributed by atoms with E-state index in [1.165, 1.54) is 0 Å². The van der Waals surface area contributed by atoms with Crippen molar-refractivity contribution in [2.24, 2.45) is 5.73 Å². The fourth-order valence-electron chi connectivity index (χ4n) is 1.54. The van der Waals surface area contributed by atoms with Gasteiger partial charge in [-0.15, -0.1) is 12.4 Å². The van der Waals surface area contributed by atoms with Gasteiger partial charge in [0.2, 0.25) is 0 Å². The minimum atomic E-state index is 0. The first-order valence-corrected chi connectivity index (χ1v) is 4.28. The summed E-state index contributed by atoms with van der Waals surface area (Å²) in [5.74, 6) is 1.05. The van der Waals surface area contributed by atoms with Crippen molar-refractivity contribution in [3.63, 3.8) is 0 Å². The Morgan fingerprint density at radius 3 is 2.85 bits per heavy atom. The normalized spacial score (nSPS) is 21.3. The fraction of sp³-hybridized carbons (Fsp3) is 0.444. The van der Waals surface area contributed by atoms with Gasteiger partial charge in [0.15, 0.2) is 0 Å². The van der Waals surface area contributed by atoms with Crippen molar-refractivity contribution in [3.8, 4) is 0 Å². The fourth-order valence-corrected chi connectivity index (χ4v) is 1.54. The molecule has 0 radical (unpaired) electrons. The molecule has 13 heavy (non-hydrogen) atoms. The Labute approximate surface area is 84.4 Å². The third-order valence-corrected chi connectivity index (χ3v) is 2.20. The van der Waals surface area contributed by atoms with E-state index in [2.05, 4.69) is 9.88 Å². The molecule has 1 fully saturated rings. The predicted octanol–water partition coefficient (Wildman–Crippen LogP) is 1.04. The summed E-state index contributed by atoms with van der Waals surface area (Å²) in [4.78, 5) is 6.49. The first-order valence-electron chi connectivity index (χ1n) is 4.28. The molecule has 3 nitrogen and oxygen atoms in total. The molecule has 1 aliphatic heterocycles. The number of anilines is 1. The van der Waals surface area contributed by atoms with Gasteiger partial charge in [-0.25, -0.2) is 4.98 Å². The standard InChI is InChI=1S/C9H13N3.ClH/c10-8-4-6-12(7-8)9-3-1-2-5-11-9;/h1-3,5,8H,4,6-7,10H2;1H/t8-;/m0./s1. The Morgan fingerprint density at radius 1 is 1.46 bits per heavy atom. The quantitative estimate of drug-likeness (QED) is 0.735. The minimum Gasteiger partial charge on any atom is -0.355 e. The largest absolute Gasteiger partial charge is 0.355 e. The van der Waals surface area contributed by atoms with Gasteiger partial charge in [-0.3, -0.25) is 0 Å². The van der Waals surface area contributed by atoms with Crippen molar-refractivity contribution in [1.29, 1.82) is 0 Å². The topological polar surface area (TPSA) is 42.1 Å². The predicted molar refractivity (Wildman–Crippen MR) is 56.3 cm³/mol. The zero-order valence-corrected chi connectivity index (χ0v) is 8.20. The van der Waals surface area contributed by atoms with Crippen LogP contribution in [-0.2, 0) is 0 Å². The number of pyridine rings is 1. The molecular weight excluding hydrogens is 186 g/mol. The van der Waals surface area contributed by atoms with Gasteiger partial charge in [0.1, 0.15) is 5.82 Å². The van der Waals surface area contributed by atoms with Crippen LogP contribution in [0.2, 0.25) is 0 Å². The molecule has 0 saturated carbocycles. The number of nitrogens with two attached hydrogens (primary N) is 1. The smallest absolute Gasteiger partial charge is 0.128 e. The number of hydrogen-bond acceptors (Lipinski definition) is 3. The lowest BCUT2D eigenvalue weighted by Crippen LogP contribution is -2.26. The Morgan fingerprint density at radius 2 is 2.31 bits per heavy atom. The summed E-state index contributed by atoms with van der Waals surface area (Å²) in [6.07, 6.45) is 2.90. The molecule has 1 aliphatic rings. The molecule has 2 rings (SSSR count). The SMILES string of the molecule is Cl.N[C@H]1CCN(c2ccccn2)C1. The van der Waals surface area contributed by atoms with Crippen molar-refractivity contribution < 1.29 is 0 Å². The van der Waals surface area contributed by atoms with E-state index in [0.29, 0.717) is 6.04 Å². The van der Waals surface area contributed by atoms with Crippen LogP contribution in [0.15, 0.2) is 24.4 Å². The third-order valence-electron chi connectivity index (χ3n) is 2.20. The highest BCUT2D eigenvalue weighted by Gasteiger charge is 2.19. The van der Waals surface area contributed by atoms with Crippen LogP contribution >= 0.6 is 12.4 Å². The molecular formula is C9H14ClN3. The third kappa shape index (κ3) is 2.32. The first kappa shape index (κ1) is 10.3. The molecule has 72 valence electrons. The number of aromatic nitrogens is 1. The van der Waals surface area contributed by atoms with Gasteiger partial charge >= 0.3 is 0 Å². The Kier molecular flexibility index (Phi) is 3.51. The first-order chi connectivity index (χ1) is 5.86. The van der Waals surface area contributed by atoms with E-state index < -0.39 is 0 Å². The molecule has 2 heterocycles. The second kappa shape index (κ2) is 4.44. The van der Waals surface area contributed by atoms with Crippen LogP contribution in [-0.4, -0.2) is 24.1 Å². The average Bonchev–Trinajstić information content (AvgIpc) is 2.54. The van der Waals surface area contributed by atoms with Crippen molar-refractivity contribution in [2.45, 2.75) is 12.5 Å². The Balaban J connectivity index is 0.000000845. The zero-order chi connectivity index (χ0) is 8.39. The van der Waals surface area contributed by atoms with E-state index in [-0.39, 0.29) is 12.4 Å². The average molecular weight is 200 g/mol. The van der Waals surface area contributed by atoms with Gasteiger partial charge in [0.05, 0.1) is 0 Å². The molecule has 1 aromatic heterocycles. The summed E-state index contributed by atoms with van der Waals surface area (Å²) in [7, 11) is 0.